The summed E-state index contributed by atoms with van der Waals surface area (Å²) in [6, 6.07) is 4.46. The first kappa shape index (κ1) is 12.8. The largest absolute Gasteiger partial charge is 0.398 e. The zero-order valence-electron chi connectivity index (χ0n) is 9.20. The molecule has 0 fully saturated rings. The van der Waals surface area contributed by atoms with E-state index in [-0.39, 0.29) is 16.5 Å². The summed E-state index contributed by atoms with van der Waals surface area (Å²) >= 11 is 3.20. The van der Waals surface area contributed by atoms with Gasteiger partial charge in [-0.3, -0.25) is 0 Å². The van der Waals surface area contributed by atoms with Crippen molar-refractivity contribution in [2.75, 3.05) is 10.5 Å². The van der Waals surface area contributed by atoms with Crippen LogP contribution < -0.4 is 10.5 Å². The molecule has 1 heterocycles. The van der Waals surface area contributed by atoms with E-state index in [1.807, 2.05) is 0 Å². The van der Waals surface area contributed by atoms with Gasteiger partial charge < -0.3 is 5.73 Å². The Labute approximate surface area is 111 Å². The average molecular weight is 333 g/mol. The van der Waals surface area contributed by atoms with E-state index < -0.39 is 10.0 Å². The highest BCUT2D eigenvalue weighted by Gasteiger charge is 2.19. The highest BCUT2D eigenvalue weighted by Crippen LogP contribution is 2.23. The smallest absolute Gasteiger partial charge is 0.277 e. The first-order valence-corrected chi connectivity index (χ1v) is 6.98. The number of benzene rings is 1. The molecule has 0 amide bonds. The van der Waals surface area contributed by atoms with Gasteiger partial charge in [0, 0.05) is 4.47 Å². The van der Waals surface area contributed by atoms with Crippen LogP contribution >= 0.6 is 15.9 Å². The predicted octanol–water partition coefficient (Wildman–Crippen LogP) is 0.356. The topological polar surface area (TPSA) is 116 Å². The molecule has 0 atom stereocenters. The van der Waals surface area contributed by atoms with Gasteiger partial charge in [-0.05, 0) is 23.4 Å². The maximum atomic E-state index is 12.0. The highest BCUT2D eigenvalue weighted by atomic mass is 79.9. The van der Waals surface area contributed by atoms with E-state index in [1.54, 1.807) is 6.07 Å². The van der Waals surface area contributed by atoms with Crippen LogP contribution in [-0.4, -0.2) is 28.6 Å². The number of rotatable bonds is 3. The van der Waals surface area contributed by atoms with Crippen molar-refractivity contribution in [3.63, 3.8) is 0 Å². The summed E-state index contributed by atoms with van der Waals surface area (Å²) in [5.41, 5.74) is 5.78. The van der Waals surface area contributed by atoms with Gasteiger partial charge in [0.2, 0.25) is 0 Å². The highest BCUT2D eigenvalue weighted by molar-refractivity contribution is 9.10. The number of aryl methyl sites for hydroxylation is 1. The molecule has 18 heavy (non-hydrogen) atoms. The number of anilines is 2. The first-order valence-electron chi connectivity index (χ1n) is 4.70. The van der Waals surface area contributed by atoms with Crippen LogP contribution in [0.2, 0.25) is 0 Å². The first-order chi connectivity index (χ1) is 8.38. The third-order valence-electron chi connectivity index (χ3n) is 2.00. The second kappa shape index (κ2) is 4.53. The Hall–Kier alpha value is -1.68. The van der Waals surface area contributed by atoms with E-state index in [9.17, 15) is 8.42 Å². The number of halogens is 1. The van der Waals surface area contributed by atoms with Crippen LogP contribution in [0.25, 0.3) is 0 Å². The standard InChI is InChI=1S/C8H9BrN6O2S/c1-15-12-8(11-14-15)13-18(16,17)7-3-2-5(9)4-6(7)10/h2-4H,10H2,1H3,(H,12,13). The molecule has 2 aromatic rings. The van der Waals surface area contributed by atoms with Crippen LogP contribution in [0, 0.1) is 0 Å². The maximum absolute atomic E-state index is 12.0. The van der Waals surface area contributed by atoms with Crippen molar-refractivity contribution in [1.82, 2.24) is 20.2 Å². The van der Waals surface area contributed by atoms with Gasteiger partial charge >= 0.3 is 0 Å². The molecular weight excluding hydrogens is 324 g/mol. The number of aromatic nitrogens is 4. The summed E-state index contributed by atoms with van der Waals surface area (Å²) in [6.07, 6.45) is 0. The normalized spacial score (nSPS) is 11.4. The molecule has 0 aliphatic rings. The molecule has 0 radical (unpaired) electrons. The van der Waals surface area contributed by atoms with Crippen LogP contribution in [0.4, 0.5) is 11.6 Å². The lowest BCUT2D eigenvalue weighted by Gasteiger charge is -2.07. The van der Waals surface area contributed by atoms with Crippen molar-refractivity contribution in [2.24, 2.45) is 7.05 Å². The Balaban J connectivity index is 2.36. The van der Waals surface area contributed by atoms with Gasteiger partial charge in [-0.2, -0.15) is 4.80 Å². The Bertz CT molecular complexity index is 683. The molecule has 8 nitrogen and oxygen atoms in total. The summed E-state index contributed by atoms with van der Waals surface area (Å²) in [5, 5.41) is 10.8. The summed E-state index contributed by atoms with van der Waals surface area (Å²) in [6.45, 7) is 0. The van der Waals surface area contributed by atoms with Gasteiger partial charge in [-0.25, -0.2) is 13.1 Å². The average Bonchev–Trinajstić information content (AvgIpc) is 2.62. The van der Waals surface area contributed by atoms with Crippen molar-refractivity contribution >= 4 is 37.6 Å². The molecule has 0 aliphatic heterocycles. The van der Waals surface area contributed by atoms with Gasteiger partial charge in [-0.1, -0.05) is 21.0 Å². The lowest BCUT2D eigenvalue weighted by Crippen LogP contribution is -2.15. The van der Waals surface area contributed by atoms with Crippen LogP contribution in [-0.2, 0) is 17.1 Å². The Morgan fingerprint density at radius 3 is 2.72 bits per heavy atom. The zero-order valence-corrected chi connectivity index (χ0v) is 11.6. The fourth-order valence-electron chi connectivity index (χ4n) is 1.26. The molecule has 0 saturated heterocycles. The van der Waals surface area contributed by atoms with Gasteiger partial charge in [0.05, 0.1) is 12.7 Å². The SMILES string of the molecule is Cn1nnc(NS(=O)(=O)c2ccc(Br)cc2N)n1. The molecule has 2 rings (SSSR count). The van der Waals surface area contributed by atoms with Crippen molar-refractivity contribution in [1.29, 1.82) is 0 Å². The minimum Gasteiger partial charge on any atom is -0.398 e. The Kier molecular flexibility index (Phi) is 3.22. The number of hydrogen-bond donors (Lipinski definition) is 2. The molecule has 0 aliphatic carbocycles. The second-order valence-electron chi connectivity index (χ2n) is 3.39. The fraction of sp³-hybridized carbons (Fsp3) is 0.125. The lowest BCUT2D eigenvalue weighted by atomic mass is 10.3. The summed E-state index contributed by atoms with van der Waals surface area (Å²) < 4.78 is 26.9. The molecular formula is C8H9BrN6O2S. The van der Waals surface area contributed by atoms with Gasteiger partial charge in [0.1, 0.15) is 4.90 Å². The van der Waals surface area contributed by atoms with Crippen molar-refractivity contribution in [3.8, 4) is 0 Å². The van der Waals surface area contributed by atoms with Crippen LogP contribution in [0.1, 0.15) is 0 Å². The molecule has 0 saturated carbocycles. The molecule has 0 unspecified atom stereocenters. The minimum absolute atomic E-state index is 0.0434. The fourth-order valence-corrected chi connectivity index (χ4v) is 2.69. The Morgan fingerprint density at radius 2 is 2.17 bits per heavy atom. The van der Waals surface area contributed by atoms with Gasteiger partial charge in [0.25, 0.3) is 16.0 Å². The van der Waals surface area contributed by atoms with Crippen LogP contribution in [0.5, 0.6) is 0 Å². The molecule has 96 valence electrons. The molecule has 0 spiro atoms. The number of sulfonamides is 1. The number of nitrogens with two attached hydrogens (primary N) is 1. The van der Waals surface area contributed by atoms with Crippen molar-refractivity contribution in [3.05, 3.63) is 22.7 Å². The number of hydrogen-bond acceptors (Lipinski definition) is 6. The molecule has 1 aromatic heterocycles. The monoisotopic (exact) mass is 332 g/mol. The van der Waals surface area contributed by atoms with E-state index in [0.717, 1.165) is 4.80 Å². The number of tetrazole rings is 1. The maximum Gasteiger partial charge on any atom is 0.277 e. The molecule has 10 heteroatoms. The summed E-state index contributed by atoms with van der Waals surface area (Å²) in [4.78, 5) is 1.10. The second-order valence-corrected chi connectivity index (χ2v) is 5.96. The predicted molar refractivity (Wildman–Crippen MR) is 68.2 cm³/mol. The number of nitrogens with one attached hydrogen (secondary N) is 1. The van der Waals surface area contributed by atoms with Crippen LogP contribution in [0.3, 0.4) is 0 Å². The number of nitrogen functional groups attached to an aromatic ring is 1. The minimum atomic E-state index is -3.82. The lowest BCUT2D eigenvalue weighted by molar-refractivity contribution is 0.601. The molecule has 1 aromatic carbocycles. The van der Waals surface area contributed by atoms with E-state index in [4.69, 9.17) is 5.73 Å². The van der Waals surface area contributed by atoms with E-state index in [0.29, 0.717) is 4.47 Å². The Morgan fingerprint density at radius 1 is 1.44 bits per heavy atom. The van der Waals surface area contributed by atoms with Crippen molar-refractivity contribution in [2.45, 2.75) is 4.90 Å². The van der Waals surface area contributed by atoms with E-state index in [1.165, 1.54) is 19.2 Å². The molecule has 0 bridgehead atoms. The third kappa shape index (κ3) is 2.59. The summed E-state index contributed by atoms with van der Waals surface area (Å²) in [7, 11) is -2.30. The van der Waals surface area contributed by atoms with E-state index in [2.05, 4.69) is 36.1 Å². The summed E-state index contributed by atoms with van der Waals surface area (Å²) in [5.74, 6) is -0.111. The van der Waals surface area contributed by atoms with E-state index >= 15 is 0 Å². The van der Waals surface area contributed by atoms with Gasteiger partial charge in [0.15, 0.2) is 0 Å². The quantitative estimate of drug-likeness (QED) is 0.783. The third-order valence-corrected chi connectivity index (χ3v) is 3.89. The van der Waals surface area contributed by atoms with Gasteiger partial charge in [-0.15, -0.1) is 5.10 Å². The number of nitrogens with zero attached hydrogens (tertiary/aromatic N) is 4. The zero-order chi connectivity index (χ0) is 13.3. The molecule has 3 N–H and O–H groups in total. The van der Waals surface area contributed by atoms with Crippen LogP contribution in [0.15, 0.2) is 27.6 Å². The van der Waals surface area contributed by atoms with Crippen molar-refractivity contribution < 1.29 is 8.42 Å².